The summed E-state index contributed by atoms with van der Waals surface area (Å²) in [6, 6.07) is 16.7. The van der Waals surface area contributed by atoms with Crippen LogP contribution in [-0.2, 0) is 7.05 Å². The zero-order chi connectivity index (χ0) is 19.1. The van der Waals surface area contributed by atoms with Crippen LogP contribution in [0.4, 0.5) is 5.69 Å². The summed E-state index contributed by atoms with van der Waals surface area (Å²) in [5.41, 5.74) is 5.67. The second kappa shape index (κ2) is 7.09. The van der Waals surface area contributed by atoms with Gasteiger partial charge in [-0.2, -0.15) is 0 Å². The van der Waals surface area contributed by atoms with Gasteiger partial charge in [0.15, 0.2) is 5.11 Å². The number of benzene rings is 1. The Balaban J connectivity index is 1.87. The van der Waals surface area contributed by atoms with E-state index in [4.69, 9.17) is 12.2 Å². The molecule has 3 aromatic rings. The van der Waals surface area contributed by atoms with Crippen molar-refractivity contribution < 1.29 is 0 Å². The molecular weight excluding hydrogens is 420 g/mol. The van der Waals surface area contributed by atoms with E-state index in [-0.39, 0.29) is 12.1 Å². The molecule has 2 atom stereocenters. The van der Waals surface area contributed by atoms with Gasteiger partial charge in [0.2, 0.25) is 0 Å². The number of nitrogens with zero attached hydrogens (tertiary/aromatic N) is 3. The first-order valence-corrected chi connectivity index (χ1v) is 10.1. The van der Waals surface area contributed by atoms with Gasteiger partial charge in [-0.1, -0.05) is 22.0 Å². The molecule has 1 aliphatic heterocycles. The smallest absolute Gasteiger partial charge is 0.174 e. The van der Waals surface area contributed by atoms with Crippen LogP contribution in [0.25, 0.3) is 0 Å². The Morgan fingerprint density at radius 2 is 1.93 bits per heavy atom. The van der Waals surface area contributed by atoms with Crippen LogP contribution in [0, 0.1) is 13.8 Å². The quantitative estimate of drug-likeness (QED) is 0.582. The highest BCUT2D eigenvalue weighted by Crippen LogP contribution is 2.42. The Morgan fingerprint density at radius 3 is 2.56 bits per heavy atom. The number of pyridine rings is 1. The number of hydrogen-bond acceptors (Lipinski definition) is 2. The van der Waals surface area contributed by atoms with Gasteiger partial charge in [0.25, 0.3) is 0 Å². The second-order valence-corrected chi connectivity index (χ2v) is 8.13. The number of anilines is 1. The molecule has 0 aliphatic carbocycles. The maximum absolute atomic E-state index is 5.77. The lowest BCUT2D eigenvalue weighted by Gasteiger charge is -2.29. The number of halogens is 1. The van der Waals surface area contributed by atoms with E-state index >= 15 is 0 Å². The van der Waals surface area contributed by atoms with Crippen LogP contribution < -0.4 is 10.2 Å². The Bertz CT molecular complexity index is 999. The zero-order valence-electron chi connectivity index (χ0n) is 15.5. The highest BCUT2D eigenvalue weighted by Gasteiger charge is 2.42. The third-order valence-electron chi connectivity index (χ3n) is 5.23. The molecule has 4 rings (SSSR count). The Morgan fingerprint density at radius 1 is 1.11 bits per heavy atom. The normalized spacial score (nSPS) is 19.4. The van der Waals surface area contributed by atoms with E-state index in [0.29, 0.717) is 0 Å². The second-order valence-electron chi connectivity index (χ2n) is 6.89. The van der Waals surface area contributed by atoms with Gasteiger partial charge in [-0.15, -0.1) is 0 Å². The van der Waals surface area contributed by atoms with Crippen molar-refractivity contribution in [1.29, 1.82) is 0 Å². The summed E-state index contributed by atoms with van der Waals surface area (Å²) in [6.07, 6.45) is 1.83. The molecule has 0 bridgehead atoms. The summed E-state index contributed by atoms with van der Waals surface area (Å²) in [6.45, 7) is 4.21. The van der Waals surface area contributed by atoms with Gasteiger partial charge in [-0.3, -0.25) is 4.98 Å². The Kier molecular flexibility index (Phi) is 4.78. The predicted octanol–water partition coefficient (Wildman–Crippen LogP) is 4.98. The van der Waals surface area contributed by atoms with E-state index in [9.17, 15) is 0 Å². The minimum absolute atomic E-state index is 0.0179. The van der Waals surface area contributed by atoms with Crippen LogP contribution in [0.5, 0.6) is 0 Å². The summed E-state index contributed by atoms with van der Waals surface area (Å²) in [7, 11) is 2.10. The molecule has 1 aromatic carbocycles. The average molecular weight is 441 g/mol. The molecule has 0 unspecified atom stereocenters. The fourth-order valence-corrected chi connectivity index (χ4v) is 4.23. The molecule has 0 saturated carbocycles. The van der Waals surface area contributed by atoms with Crippen LogP contribution in [0.1, 0.15) is 34.7 Å². The third-order valence-corrected chi connectivity index (χ3v) is 6.44. The maximum atomic E-state index is 5.77. The maximum Gasteiger partial charge on any atom is 0.174 e. The van der Waals surface area contributed by atoms with Gasteiger partial charge < -0.3 is 14.8 Å². The lowest BCUT2D eigenvalue weighted by Crippen LogP contribution is -2.30. The van der Waals surface area contributed by atoms with Gasteiger partial charge in [0.1, 0.15) is 6.04 Å². The van der Waals surface area contributed by atoms with Gasteiger partial charge in [-0.05, 0) is 74.1 Å². The molecule has 1 fully saturated rings. The van der Waals surface area contributed by atoms with Crippen molar-refractivity contribution in [2.75, 3.05) is 4.90 Å². The molecule has 138 valence electrons. The summed E-state index contributed by atoms with van der Waals surface area (Å²) in [5, 5.41) is 4.23. The number of hydrogen-bond donors (Lipinski definition) is 1. The van der Waals surface area contributed by atoms with Crippen molar-refractivity contribution in [2.45, 2.75) is 25.9 Å². The highest BCUT2D eigenvalue weighted by molar-refractivity contribution is 9.10. The van der Waals surface area contributed by atoms with Crippen molar-refractivity contribution in [2.24, 2.45) is 7.05 Å². The molecule has 4 nitrogen and oxygen atoms in total. The minimum atomic E-state index is -0.0179. The van der Waals surface area contributed by atoms with Crippen molar-refractivity contribution >= 4 is 38.9 Å². The van der Waals surface area contributed by atoms with Gasteiger partial charge in [-0.25, -0.2) is 0 Å². The van der Waals surface area contributed by atoms with Crippen LogP contribution in [0.15, 0.2) is 59.2 Å². The molecule has 27 heavy (non-hydrogen) atoms. The summed E-state index contributed by atoms with van der Waals surface area (Å²) in [4.78, 5) is 6.81. The molecule has 1 saturated heterocycles. The van der Waals surface area contributed by atoms with E-state index in [1.165, 1.54) is 17.0 Å². The fourth-order valence-electron chi connectivity index (χ4n) is 3.64. The molecule has 1 N–H and O–H groups in total. The highest BCUT2D eigenvalue weighted by atomic mass is 79.9. The van der Waals surface area contributed by atoms with E-state index in [1.54, 1.807) is 0 Å². The first kappa shape index (κ1) is 18.2. The first-order chi connectivity index (χ1) is 13.0. The molecular formula is C21H21BrN4S. The monoisotopic (exact) mass is 440 g/mol. The number of nitrogens with one attached hydrogen (secondary N) is 1. The topological polar surface area (TPSA) is 33.1 Å². The Labute approximate surface area is 173 Å². The fraction of sp³-hybridized carbons (Fsp3) is 0.238. The number of thiocarbonyl (C=S) groups is 1. The molecule has 0 amide bonds. The van der Waals surface area contributed by atoms with Crippen LogP contribution in [0.2, 0.25) is 0 Å². The van der Waals surface area contributed by atoms with E-state index in [1.807, 2.05) is 18.3 Å². The first-order valence-electron chi connectivity index (χ1n) is 8.86. The zero-order valence-corrected chi connectivity index (χ0v) is 17.9. The number of aryl methyl sites for hydroxylation is 2. The lowest BCUT2D eigenvalue weighted by atomic mass is 10.0. The number of aromatic nitrogens is 2. The molecule has 3 heterocycles. The van der Waals surface area contributed by atoms with Crippen molar-refractivity contribution in [3.63, 3.8) is 0 Å². The van der Waals surface area contributed by atoms with Crippen LogP contribution >= 0.6 is 28.1 Å². The number of rotatable bonds is 3. The average Bonchev–Trinajstić information content (AvgIpc) is 3.18. The van der Waals surface area contributed by atoms with Crippen LogP contribution in [-0.4, -0.2) is 14.7 Å². The molecule has 1 aliphatic rings. The summed E-state index contributed by atoms with van der Waals surface area (Å²) in [5.74, 6) is 0. The third kappa shape index (κ3) is 3.17. The van der Waals surface area contributed by atoms with Gasteiger partial charge >= 0.3 is 0 Å². The van der Waals surface area contributed by atoms with Crippen molar-refractivity contribution in [1.82, 2.24) is 14.9 Å². The van der Waals surface area contributed by atoms with E-state index in [2.05, 4.69) is 93.0 Å². The Hall–Kier alpha value is -2.18. The summed E-state index contributed by atoms with van der Waals surface area (Å²) < 4.78 is 3.33. The SMILES string of the molecule is Cc1cc(N2C(=S)N[C@@H](c3ccccn3)[C@@H]2c2ccc(C)n2C)ccc1Br. The molecule has 0 spiro atoms. The standard InChI is InChI=1S/C21H21BrN4S/c1-13-12-15(8-9-16(13)22)26-20(18-10-7-14(2)25(18)3)19(24-21(26)27)17-6-4-5-11-23-17/h4-12,19-20H,1-3H3,(H,24,27)/t19-,20-/m0/s1. The van der Waals surface area contributed by atoms with Crippen LogP contribution in [0.3, 0.4) is 0 Å². The van der Waals surface area contributed by atoms with E-state index in [0.717, 1.165) is 21.0 Å². The van der Waals surface area contributed by atoms with Gasteiger partial charge in [0.05, 0.1) is 11.7 Å². The molecule has 2 aromatic heterocycles. The summed E-state index contributed by atoms with van der Waals surface area (Å²) >= 11 is 9.36. The van der Waals surface area contributed by atoms with Crippen molar-refractivity contribution in [3.8, 4) is 0 Å². The largest absolute Gasteiger partial charge is 0.351 e. The molecule has 6 heteroatoms. The molecule has 0 radical (unpaired) electrons. The van der Waals surface area contributed by atoms with Gasteiger partial charge in [0, 0.05) is 34.8 Å². The predicted molar refractivity (Wildman–Crippen MR) is 117 cm³/mol. The van der Waals surface area contributed by atoms with E-state index < -0.39 is 0 Å². The minimum Gasteiger partial charge on any atom is -0.351 e. The lowest BCUT2D eigenvalue weighted by molar-refractivity contribution is 0.539. The van der Waals surface area contributed by atoms with Crippen molar-refractivity contribution in [3.05, 3.63) is 81.8 Å².